The van der Waals surface area contributed by atoms with Crippen LogP contribution in [0.1, 0.15) is 28.8 Å². The molecule has 1 atom stereocenters. The van der Waals surface area contributed by atoms with Crippen molar-refractivity contribution in [3.8, 4) is 5.75 Å². The molecule has 0 aliphatic carbocycles. The van der Waals surface area contributed by atoms with Crippen LogP contribution in [-0.4, -0.2) is 69.0 Å². The van der Waals surface area contributed by atoms with Crippen LogP contribution in [0.3, 0.4) is 0 Å². The van der Waals surface area contributed by atoms with Crippen molar-refractivity contribution in [2.45, 2.75) is 18.9 Å². The summed E-state index contributed by atoms with van der Waals surface area (Å²) in [4.78, 5) is 14.5. The van der Waals surface area contributed by atoms with Crippen LogP contribution in [0.4, 0.5) is 0 Å². The zero-order valence-electron chi connectivity index (χ0n) is 17.9. The van der Waals surface area contributed by atoms with Crippen molar-refractivity contribution in [1.29, 1.82) is 0 Å². The van der Waals surface area contributed by atoms with E-state index in [0.29, 0.717) is 31.0 Å². The molecule has 2 heterocycles. The average molecular weight is 457 g/mol. The fourth-order valence-corrected chi connectivity index (χ4v) is 4.98. The molecule has 1 amide bonds. The van der Waals surface area contributed by atoms with Crippen molar-refractivity contribution in [3.05, 3.63) is 71.1 Å². The van der Waals surface area contributed by atoms with Gasteiger partial charge in [-0.15, -0.1) is 0 Å². The summed E-state index contributed by atoms with van der Waals surface area (Å²) in [6, 6.07) is 16.4. The molecular formula is C24H28N2O5S. The van der Waals surface area contributed by atoms with Crippen molar-refractivity contribution in [3.63, 3.8) is 0 Å². The second-order valence-electron chi connectivity index (χ2n) is 7.92. The van der Waals surface area contributed by atoms with Crippen LogP contribution in [0.2, 0.25) is 0 Å². The Morgan fingerprint density at radius 2 is 1.75 bits per heavy atom. The summed E-state index contributed by atoms with van der Waals surface area (Å²) in [5.74, 6) is 0.603. The van der Waals surface area contributed by atoms with Gasteiger partial charge in [0.2, 0.25) is 10.0 Å². The maximum absolute atomic E-state index is 12.8. The van der Waals surface area contributed by atoms with Crippen LogP contribution in [0, 0.1) is 0 Å². The Morgan fingerprint density at radius 1 is 1.03 bits per heavy atom. The predicted molar refractivity (Wildman–Crippen MR) is 123 cm³/mol. The minimum Gasteiger partial charge on any atom is -0.491 e. The number of sulfonamides is 1. The third kappa shape index (κ3) is 5.76. The highest BCUT2D eigenvalue weighted by molar-refractivity contribution is 7.92. The van der Waals surface area contributed by atoms with Gasteiger partial charge in [0.25, 0.3) is 5.91 Å². The molecule has 2 aromatic carbocycles. The molecule has 2 aliphatic rings. The summed E-state index contributed by atoms with van der Waals surface area (Å²) in [6.07, 6.45) is 3.82. The lowest BCUT2D eigenvalue weighted by atomic mass is 10.2. The molecule has 8 heteroatoms. The molecule has 0 spiro atoms. The molecular weight excluding hydrogens is 428 g/mol. The van der Waals surface area contributed by atoms with Gasteiger partial charge >= 0.3 is 0 Å². The molecule has 32 heavy (non-hydrogen) atoms. The smallest absolute Gasteiger partial charge is 0.253 e. The zero-order valence-corrected chi connectivity index (χ0v) is 18.7. The van der Waals surface area contributed by atoms with E-state index in [1.54, 1.807) is 35.2 Å². The van der Waals surface area contributed by atoms with Crippen molar-refractivity contribution in [2.75, 3.05) is 39.4 Å². The lowest BCUT2D eigenvalue weighted by Gasteiger charge is -2.33. The number of benzene rings is 2. The van der Waals surface area contributed by atoms with Crippen molar-refractivity contribution < 1.29 is 22.7 Å². The van der Waals surface area contributed by atoms with Gasteiger partial charge in [0.15, 0.2) is 0 Å². The standard InChI is InChI=1S/C24H28N2O5S/c27-24(21-8-10-22(11-9-21)31-19-23-7-4-17-30-23)25-13-15-26(16-14-25)32(28,29)18-12-20-5-2-1-3-6-20/h1-3,5-6,8-12,18,23H,4,7,13-17,19H2/b18-12+/t23-/m0/s1. The summed E-state index contributed by atoms with van der Waals surface area (Å²) in [6.45, 7) is 2.57. The van der Waals surface area contributed by atoms with E-state index in [0.717, 1.165) is 25.0 Å². The third-order valence-corrected chi connectivity index (χ3v) is 7.24. The number of rotatable bonds is 7. The summed E-state index contributed by atoms with van der Waals surface area (Å²) in [5, 5.41) is 1.23. The van der Waals surface area contributed by atoms with Gasteiger partial charge in [-0.3, -0.25) is 4.79 Å². The largest absolute Gasteiger partial charge is 0.491 e. The van der Waals surface area contributed by atoms with E-state index in [1.807, 2.05) is 30.3 Å². The number of hydrogen-bond donors (Lipinski definition) is 0. The highest BCUT2D eigenvalue weighted by atomic mass is 32.2. The Balaban J connectivity index is 1.28. The molecule has 0 aromatic heterocycles. The van der Waals surface area contributed by atoms with Crippen molar-refractivity contribution >= 4 is 22.0 Å². The van der Waals surface area contributed by atoms with E-state index in [2.05, 4.69) is 0 Å². The minimum absolute atomic E-state index is 0.104. The Bertz CT molecular complexity index is 1020. The molecule has 2 fully saturated rings. The monoisotopic (exact) mass is 456 g/mol. The lowest BCUT2D eigenvalue weighted by Crippen LogP contribution is -2.50. The Morgan fingerprint density at radius 3 is 2.41 bits per heavy atom. The molecule has 2 aromatic rings. The van der Waals surface area contributed by atoms with E-state index in [9.17, 15) is 13.2 Å². The van der Waals surface area contributed by atoms with E-state index >= 15 is 0 Å². The number of hydrogen-bond acceptors (Lipinski definition) is 5. The first-order valence-corrected chi connectivity index (χ1v) is 12.4. The number of amides is 1. The van der Waals surface area contributed by atoms with Gasteiger partial charge in [-0.1, -0.05) is 30.3 Å². The fraction of sp³-hybridized carbons (Fsp3) is 0.375. The van der Waals surface area contributed by atoms with Crippen LogP contribution < -0.4 is 4.74 Å². The second kappa shape index (κ2) is 10.3. The van der Waals surface area contributed by atoms with Crippen LogP contribution >= 0.6 is 0 Å². The predicted octanol–water partition coefficient (Wildman–Crippen LogP) is 3.00. The Hall–Kier alpha value is -2.68. The number of piperazine rings is 1. The highest BCUT2D eigenvalue weighted by Crippen LogP contribution is 2.18. The molecule has 0 saturated carbocycles. The molecule has 170 valence electrons. The SMILES string of the molecule is O=C(c1ccc(OC[C@@H]2CCCO2)cc1)N1CCN(S(=O)(=O)/C=C/c2ccccc2)CC1. The van der Waals surface area contributed by atoms with Gasteiger partial charge in [0.05, 0.1) is 6.10 Å². The molecule has 0 unspecified atom stereocenters. The van der Waals surface area contributed by atoms with E-state index in [1.165, 1.54) is 9.71 Å². The fourth-order valence-electron chi connectivity index (χ4n) is 3.80. The third-order valence-electron chi connectivity index (χ3n) is 5.68. The minimum atomic E-state index is -3.53. The molecule has 0 radical (unpaired) electrons. The molecule has 0 N–H and O–H groups in total. The van der Waals surface area contributed by atoms with E-state index in [4.69, 9.17) is 9.47 Å². The van der Waals surface area contributed by atoms with Gasteiger partial charge in [0.1, 0.15) is 12.4 Å². The number of nitrogens with zero attached hydrogens (tertiary/aromatic N) is 2. The first-order chi connectivity index (χ1) is 15.5. The second-order valence-corrected chi connectivity index (χ2v) is 9.74. The molecule has 4 rings (SSSR count). The maximum atomic E-state index is 12.8. The first-order valence-electron chi connectivity index (χ1n) is 10.9. The number of ether oxygens (including phenoxy) is 2. The molecule has 2 saturated heterocycles. The zero-order chi connectivity index (χ0) is 22.4. The summed E-state index contributed by atoms with van der Waals surface area (Å²) < 4.78 is 37.9. The number of carbonyl (C=O) groups is 1. The molecule has 2 aliphatic heterocycles. The van der Waals surface area contributed by atoms with Gasteiger partial charge < -0.3 is 14.4 Å². The molecule has 7 nitrogen and oxygen atoms in total. The van der Waals surface area contributed by atoms with Crippen LogP contribution in [0.25, 0.3) is 6.08 Å². The van der Waals surface area contributed by atoms with E-state index in [-0.39, 0.29) is 25.1 Å². The highest BCUT2D eigenvalue weighted by Gasteiger charge is 2.28. The Labute approximate surface area is 189 Å². The summed E-state index contributed by atoms with van der Waals surface area (Å²) in [5.41, 5.74) is 1.39. The van der Waals surface area contributed by atoms with Crippen LogP contribution in [0.5, 0.6) is 5.75 Å². The normalized spacial score (nSPS) is 20.0. The first kappa shape index (κ1) is 22.5. The quantitative estimate of drug-likeness (QED) is 0.640. The maximum Gasteiger partial charge on any atom is 0.253 e. The number of carbonyl (C=O) groups excluding carboxylic acids is 1. The van der Waals surface area contributed by atoms with Gasteiger partial charge in [-0.05, 0) is 48.7 Å². The van der Waals surface area contributed by atoms with Gasteiger partial charge in [-0.2, -0.15) is 4.31 Å². The van der Waals surface area contributed by atoms with Crippen molar-refractivity contribution in [1.82, 2.24) is 9.21 Å². The summed E-state index contributed by atoms with van der Waals surface area (Å²) in [7, 11) is -3.53. The van der Waals surface area contributed by atoms with Crippen molar-refractivity contribution in [2.24, 2.45) is 0 Å². The van der Waals surface area contributed by atoms with Gasteiger partial charge in [-0.25, -0.2) is 8.42 Å². The lowest BCUT2D eigenvalue weighted by molar-refractivity contribution is 0.0676. The van der Waals surface area contributed by atoms with Crippen LogP contribution in [0.15, 0.2) is 60.0 Å². The van der Waals surface area contributed by atoms with E-state index < -0.39 is 10.0 Å². The Kier molecular flexibility index (Phi) is 7.24. The van der Waals surface area contributed by atoms with Gasteiger partial charge in [0, 0.05) is 43.8 Å². The van der Waals surface area contributed by atoms with Crippen LogP contribution in [-0.2, 0) is 14.8 Å². The summed E-state index contributed by atoms with van der Waals surface area (Å²) >= 11 is 0. The average Bonchev–Trinajstić information content (AvgIpc) is 3.36. The molecule has 0 bridgehead atoms. The topological polar surface area (TPSA) is 76.2 Å².